The molecule has 0 aliphatic carbocycles. The van der Waals surface area contributed by atoms with E-state index < -0.39 is 0 Å². The molecule has 1 aromatic rings. The molecule has 1 aromatic carbocycles. The van der Waals surface area contributed by atoms with Crippen LogP contribution in [0.5, 0.6) is 0 Å². The summed E-state index contributed by atoms with van der Waals surface area (Å²) in [7, 11) is 0. The molecule has 17 heavy (non-hydrogen) atoms. The first-order valence-electron chi connectivity index (χ1n) is 6.07. The normalized spacial score (nSPS) is 12.5. The molecule has 1 atom stereocenters. The van der Waals surface area contributed by atoms with Crippen molar-refractivity contribution in [3.05, 3.63) is 29.3 Å². The standard InChI is InChI=1S/C14H22N2O/c1-9(2)7-11(4)16-14(17)12-6-5-10(3)13(15)8-12/h5-6,8-9,11H,7,15H2,1-4H3,(H,16,17). The number of amides is 1. The zero-order valence-electron chi connectivity index (χ0n) is 11.1. The van der Waals surface area contributed by atoms with Crippen LogP contribution >= 0.6 is 0 Å². The van der Waals surface area contributed by atoms with Gasteiger partial charge < -0.3 is 11.1 Å². The van der Waals surface area contributed by atoms with Crippen LogP contribution in [0, 0.1) is 12.8 Å². The first-order chi connectivity index (χ1) is 7.90. The van der Waals surface area contributed by atoms with E-state index in [-0.39, 0.29) is 11.9 Å². The molecular weight excluding hydrogens is 212 g/mol. The summed E-state index contributed by atoms with van der Waals surface area (Å²) in [6.45, 7) is 8.24. The van der Waals surface area contributed by atoms with Gasteiger partial charge in [0, 0.05) is 17.3 Å². The third-order valence-electron chi connectivity index (χ3n) is 2.74. The van der Waals surface area contributed by atoms with Crippen LogP contribution in [-0.4, -0.2) is 11.9 Å². The molecule has 1 amide bonds. The maximum atomic E-state index is 11.9. The van der Waals surface area contributed by atoms with E-state index >= 15 is 0 Å². The molecule has 0 aromatic heterocycles. The maximum absolute atomic E-state index is 11.9. The lowest BCUT2D eigenvalue weighted by Crippen LogP contribution is -2.33. The molecule has 1 rings (SSSR count). The van der Waals surface area contributed by atoms with Gasteiger partial charge in [0.25, 0.3) is 5.91 Å². The van der Waals surface area contributed by atoms with E-state index in [1.165, 1.54) is 0 Å². The van der Waals surface area contributed by atoms with E-state index in [1.54, 1.807) is 6.07 Å². The maximum Gasteiger partial charge on any atom is 0.251 e. The number of aryl methyl sites for hydroxylation is 1. The van der Waals surface area contributed by atoms with Gasteiger partial charge in [0.15, 0.2) is 0 Å². The third-order valence-corrected chi connectivity index (χ3v) is 2.74. The quantitative estimate of drug-likeness (QED) is 0.787. The largest absolute Gasteiger partial charge is 0.398 e. The van der Waals surface area contributed by atoms with Gasteiger partial charge >= 0.3 is 0 Å². The Bertz CT molecular complexity index is 399. The molecule has 0 bridgehead atoms. The summed E-state index contributed by atoms with van der Waals surface area (Å²) in [5.41, 5.74) is 8.08. The highest BCUT2D eigenvalue weighted by Gasteiger charge is 2.11. The van der Waals surface area contributed by atoms with E-state index in [0.29, 0.717) is 17.2 Å². The van der Waals surface area contributed by atoms with Crippen LogP contribution in [-0.2, 0) is 0 Å². The highest BCUT2D eigenvalue weighted by atomic mass is 16.1. The highest BCUT2D eigenvalue weighted by Crippen LogP contribution is 2.13. The second-order valence-electron chi connectivity index (χ2n) is 5.08. The van der Waals surface area contributed by atoms with Crippen LogP contribution in [0.4, 0.5) is 5.69 Å². The number of anilines is 1. The number of rotatable bonds is 4. The van der Waals surface area contributed by atoms with Gasteiger partial charge in [-0.2, -0.15) is 0 Å². The van der Waals surface area contributed by atoms with Crippen LogP contribution in [0.15, 0.2) is 18.2 Å². The molecule has 0 aliphatic rings. The molecule has 0 radical (unpaired) electrons. The first kappa shape index (κ1) is 13.6. The van der Waals surface area contributed by atoms with E-state index in [4.69, 9.17) is 5.73 Å². The second kappa shape index (κ2) is 5.71. The van der Waals surface area contributed by atoms with Gasteiger partial charge in [-0.3, -0.25) is 4.79 Å². The molecule has 0 aliphatic heterocycles. The summed E-state index contributed by atoms with van der Waals surface area (Å²) in [6, 6.07) is 5.60. The summed E-state index contributed by atoms with van der Waals surface area (Å²) >= 11 is 0. The van der Waals surface area contributed by atoms with Crippen molar-refractivity contribution in [2.45, 2.75) is 40.2 Å². The Morgan fingerprint density at radius 2 is 2.00 bits per heavy atom. The SMILES string of the molecule is Cc1ccc(C(=O)NC(C)CC(C)C)cc1N. The highest BCUT2D eigenvalue weighted by molar-refractivity contribution is 5.95. The van der Waals surface area contributed by atoms with Crippen molar-refractivity contribution in [1.29, 1.82) is 0 Å². The number of nitrogen functional groups attached to an aromatic ring is 1. The van der Waals surface area contributed by atoms with Crippen molar-refractivity contribution in [1.82, 2.24) is 5.32 Å². The van der Waals surface area contributed by atoms with Crippen LogP contribution < -0.4 is 11.1 Å². The number of nitrogens with two attached hydrogens (primary N) is 1. The van der Waals surface area contributed by atoms with Gasteiger partial charge in [-0.25, -0.2) is 0 Å². The number of hydrogen-bond donors (Lipinski definition) is 2. The fourth-order valence-electron chi connectivity index (χ4n) is 1.85. The molecule has 0 spiro atoms. The minimum atomic E-state index is -0.0511. The molecule has 0 saturated heterocycles. The number of carbonyl (C=O) groups is 1. The Hall–Kier alpha value is -1.51. The van der Waals surface area contributed by atoms with Gasteiger partial charge in [-0.05, 0) is 43.9 Å². The van der Waals surface area contributed by atoms with Crippen molar-refractivity contribution in [3.8, 4) is 0 Å². The van der Waals surface area contributed by atoms with E-state index in [2.05, 4.69) is 19.2 Å². The smallest absolute Gasteiger partial charge is 0.251 e. The first-order valence-corrected chi connectivity index (χ1v) is 6.07. The molecule has 94 valence electrons. The predicted octanol–water partition coefficient (Wildman–Crippen LogP) is 2.74. The van der Waals surface area contributed by atoms with Crippen LogP contribution in [0.1, 0.15) is 43.1 Å². The van der Waals surface area contributed by atoms with Crippen molar-refractivity contribution >= 4 is 11.6 Å². The Morgan fingerprint density at radius 1 is 1.35 bits per heavy atom. The average molecular weight is 234 g/mol. The topological polar surface area (TPSA) is 55.1 Å². The lowest BCUT2D eigenvalue weighted by molar-refractivity contribution is 0.0936. The summed E-state index contributed by atoms with van der Waals surface area (Å²) in [5.74, 6) is 0.526. The molecule has 3 N–H and O–H groups in total. The molecular formula is C14H22N2O. The van der Waals surface area contributed by atoms with Gasteiger partial charge in [-0.1, -0.05) is 19.9 Å². The summed E-state index contributed by atoms with van der Waals surface area (Å²) in [5, 5.41) is 2.98. The van der Waals surface area contributed by atoms with Gasteiger partial charge in [0.05, 0.1) is 0 Å². The summed E-state index contributed by atoms with van der Waals surface area (Å²) in [4.78, 5) is 11.9. The number of nitrogens with one attached hydrogen (secondary N) is 1. The average Bonchev–Trinajstić information content (AvgIpc) is 2.20. The van der Waals surface area contributed by atoms with Crippen LogP contribution in [0.3, 0.4) is 0 Å². The van der Waals surface area contributed by atoms with Gasteiger partial charge in [-0.15, -0.1) is 0 Å². The fourth-order valence-corrected chi connectivity index (χ4v) is 1.85. The molecule has 0 saturated carbocycles. The van der Waals surface area contributed by atoms with Crippen molar-refractivity contribution in [2.24, 2.45) is 5.92 Å². The Labute approximate surface area is 103 Å². The molecule has 1 unspecified atom stereocenters. The molecule has 3 heteroatoms. The Balaban J connectivity index is 2.66. The van der Waals surface area contributed by atoms with Crippen LogP contribution in [0.25, 0.3) is 0 Å². The second-order valence-corrected chi connectivity index (χ2v) is 5.08. The zero-order valence-corrected chi connectivity index (χ0v) is 11.1. The van der Waals surface area contributed by atoms with Crippen molar-refractivity contribution < 1.29 is 4.79 Å². The van der Waals surface area contributed by atoms with Crippen molar-refractivity contribution in [2.75, 3.05) is 5.73 Å². The lowest BCUT2D eigenvalue weighted by atomic mass is 10.0. The lowest BCUT2D eigenvalue weighted by Gasteiger charge is -2.16. The van der Waals surface area contributed by atoms with Gasteiger partial charge in [0.2, 0.25) is 0 Å². The minimum Gasteiger partial charge on any atom is -0.398 e. The van der Waals surface area contributed by atoms with Crippen LogP contribution in [0.2, 0.25) is 0 Å². The van der Waals surface area contributed by atoms with Gasteiger partial charge in [0.1, 0.15) is 0 Å². The van der Waals surface area contributed by atoms with E-state index in [0.717, 1.165) is 12.0 Å². The predicted molar refractivity (Wildman–Crippen MR) is 72.0 cm³/mol. The number of hydrogen-bond acceptors (Lipinski definition) is 2. The molecule has 0 heterocycles. The fraction of sp³-hybridized carbons (Fsp3) is 0.500. The molecule has 3 nitrogen and oxygen atoms in total. The van der Waals surface area contributed by atoms with E-state index in [9.17, 15) is 4.79 Å². The summed E-state index contributed by atoms with van der Waals surface area (Å²) < 4.78 is 0. The Morgan fingerprint density at radius 3 is 2.53 bits per heavy atom. The Kier molecular flexibility index (Phi) is 4.55. The number of benzene rings is 1. The monoisotopic (exact) mass is 234 g/mol. The number of carbonyl (C=O) groups excluding carboxylic acids is 1. The molecule has 0 fully saturated rings. The summed E-state index contributed by atoms with van der Waals surface area (Å²) in [6.07, 6.45) is 0.979. The van der Waals surface area contributed by atoms with E-state index in [1.807, 2.05) is 26.0 Å². The third kappa shape index (κ3) is 4.10. The minimum absolute atomic E-state index is 0.0511. The zero-order chi connectivity index (χ0) is 13.0. The van der Waals surface area contributed by atoms with Crippen molar-refractivity contribution in [3.63, 3.8) is 0 Å².